The predicted octanol–water partition coefficient (Wildman–Crippen LogP) is 4.28. The van der Waals surface area contributed by atoms with E-state index in [2.05, 4.69) is 49.2 Å². The van der Waals surface area contributed by atoms with Gasteiger partial charge >= 0.3 is 0 Å². The molecule has 0 unspecified atom stereocenters. The van der Waals surface area contributed by atoms with Crippen molar-refractivity contribution in [1.29, 1.82) is 0 Å². The summed E-state index contributed by atoms with van der Waals surface area (Å²) in [5.41, 5.74) is 2.27. The van der Waals surface area contributed by atoms with Gasteiger partial charge in [0.2, 0.25) is 0 Å². The average molecular weight is 216 g/mol. The van der Waals surface area contributed by atoms with Crippen LogP contribution in [0.4, 0.5) is 0 Å². The summed E-state index contributed by atoms with van der Waals surface area (Å²) in [5.74, 6) is 2.75. The summed E-state index contributed by atoms with van der Waals surface area (Å²) >= 11 is 0. The van der Waals surface area contributed by atoms with Gasteiger partial charge in [-0.2, -0.15) is 0 Å². The van der Waals surface area contributed by atoms with Crippen molar-refractivity contribution in [1.82, 2.24) is 0 Å². The monoisotopic (exact) mass is 216 g/mol. The molecule has 17 heavy (non-hydrogen) atoms. The quantitative estimate of drug-likeness (QED) is 0.388. The molecule has 0 aliphatic heterocycles. The molecule has 0 aliphatic rings. The van der Waals surface area contributed by atoms with Gasteiger partial charge in [0.05, 0.1) is 0 Å². The lowest BCUT2D eigenvalue weighted by atomic mass is 9.98. The first-order chi connectivity index (χ1) is 8.29. The fraction of sp³-hybridized carbons (Fsp3) is 0.0588. The molecule has 0 heteroatoms. The third kappa shape index (κ3) is 1.48. The largest absolute Gasteiger partial charge is 0.115 e. The number of aryl methyl sites for hydroxylation is 1. The van der Waals surface area contributed by atoms with Crippen molar-refractivity contribution < 1.29 is 0 Å². The molecule has 0 amide bonds. The van der Waals surface area contributed by atoms with Crippen LogP contribution in [-0.4, -0.2) is 0 Å². The van der Waals surface area contributed by atoms with Gasteiger partial charge in [0.15, 0.2) is 0 Å². The van der Waals surface area contributed by atoms with E-state index < -0.39 is 0 Å². The molecule has 0 atom stereocenters. The summed E-state index contributed by atoms with van der Waals surface area (Å²) < 4.78 is 0. The highest BCUT2D eigenvalue weighted by Gasteiger charge is 2.02. The molecule has 0 aliphatic carbocycles. The van der Waals surface area contributed by atoms with Crippen LogP contribution in [0.2, 0.25) is 0 Å². The third-order valence-corrected chi connectivity index (χ3v) is 3.25. The van der Waals surface area contributed by atoms with E-state index in [1.165, 1.54) is 21.7 Å². The smallest absolute Gasteiger partial charge is 0.0321 e. The highest BCUT2D eigenvalue weighted by molar-refractivity contribution is 6.01. The second kappa shape index (κ2) is 3.64. The maximum Gasteiger partial charge on any atom is 0.0321 e. The number of terminal acetylenes is 1. The van der Waals surface area contributed by atoms with Crippen LogP contribution in [-0.2, 0) is 0 Å². The lowest BCUT2D eigenvalue weighted by Crippen LogP contribution is -1.83. The highest BCUT2D eigenvalue weighted by atomic mass is 14.1. The number of hydrogen-bond acceptors (Lipinski definition) is 0. The minimum atomic E-state index is 0.964. The van der Waals surface area contributed by atoms with Crippen molar-refractivity contribution >= 4 is 21.5 Å². The first-order valence-corrected chi connectivity index (χ1v) is 5.68. The predicted molar refractivity (Wildman–Crippen MR) is 74.1 cm³/mol. The Morgan fingerprint density at radius 2 is 1.53 bits per heavy atom. The fourth-order valence-electron chi connectivity index (χ4n) is 2.33. The van der Waals surface area contributed by atoms with E-state index in [9.17, 15) is 0 Å². The van der Waals surface area contributed by atoms with Gasteiger partial charge in [0.25, 0.3) is 0 Å². The highest BCUT2D eigenvalue weighted by Crippen LogP contribution is 2.26. The van der Waals surface area contributed by atoms with E-state index in [-0.39, 0.29) is 0 Å². The Morgan fingerprint density at radius 1 is 0.882 bits per heavy atom. The molecule has 0 radical (unpaired) electrons. The molecule has 3 rings (SSSR count). The summed E-state index contributed by atoms with van der Waals surface area (Å²) in [6, 6.07) is 16.9. The molecule has 0 bridgehead atoms. The van der Waals surface area contributed by atoms with Crippen molar-refractivity contribution in [2.45, 2.75) is 6.92 Å². The fourth-order valence-corrected chi connectivity index (χ4v) is 2.33. The van der Waals surface area contributed by atoms with E-state index >= 15 is 0 Å². The topological polar surface area (TPSA) is 0 Å². The minimum absolute atomic E-state index is 0.964. The molecule has 0 spiro atoms. The molecule has 3 aromatic carbocycles. The number of hydrogen-bond donors (Lipinski definition) is 0. The summed E-state index contributed by atoms with van der Waals surface area (Å²) in [5, 5.41) is 4.92. The summed E-state index contributed by atoms with van der Waals surface area (Å²) in [7, 11) is 0. The molecule has 0 N–H and O–H groups in total. The molecule has 0 nitrogen and oxygen atoms in total. The Bertz CT molecular complexity index is 758. The second-order valence-corrected chi connectivity index (χ2v) is 4.32. The Balaban J connectivity index is 2.53. The van der Waals surface area contributed by atoms with Gasteiger partial charge in [-0.3, -0.25) is 0 Å². The Kier molecular flexibility index (Phi) is 2.13. The lowest BCUT2D eigenvalue weighted by Gasteiger charge is -2.06. The molecule has 3 aromatic rings. The van der Waals surface area contributed by atoms with Crippen LogP contribution >= 0.6 is 0 Å². The van der Waals surface area contributed by atoms with Gasteiger partial charge in [0.1, 0.15) is 0 Å². The average Bonchev–Trinajstić information content (AvgIpc) is 2.36. The van der Waals surface area contributed by atoms with Crippen LogP contribution in [0.1, 0.15) is 11.1 Å². The van der Waals surface area contributed by atoms with E-state index in [0.717, 1.165) is 10.9 Å². The molecule has 0 saturated carbocycles. The van der Waals surface area contributed by atoms with Gasteiger partial charge in [-0.05, 0) is 52.2 Å². The van der Waals surface area contributed by atoms with E-state index in [1.807, 2.05) is 12.1 Å². The molecule has 0 saturated heterocycles. The number of fused-ring (bicyclic) bond motifs is 2. The Hall–Kier alpha value is -2.26. The van der Waals surface area contributed by atoms with Crippen LogP contribution in [0.25, 0.3) is 21.5 Å². The van der Waals surface area contributed by atoms with E-state index in [0.29, 0.717) is 0 Å². The first kappa shape index (κ1) is 9.93. The molecular formula is C17H12. The van der Waals surface area contributed by atoms with Crippen LogP contribution in [0.3, 0.4) is 0 Å². The van der Waals surface area contributed by atoms with Gasteiger partial charge < -0.3 is 0 Å². The van der Waals surface area contributed by atoms with Crippen molar-refractivity contribution in [2.24, 2.45) is 0 Å². The van der Waals surface area contributed by atoms with Crippen LogP contribution in [0.5, 0.6) is 0 Å². The van der Waals surface area contributed by atoms with Gasteiger partial charge in [-0.15, -0.1) is 6.42 Å². The van der Waals surface area contributed by atoms with Crippen molar-refractivity contribution in [2.75, 3.05) is 0 Å². The summed E-state index contributed by atoms with van der Waals surface area (Å²) in [4.78, 5) is 0. The molecule has 0 aromatic heterocycles. The van der Waals surface area contributed by atoms with Crippen molar-refractivity contribution in [3.05, 3.63) is 59.7 Å². The third-order valence-electron chi connectivity index (χ3n) is 3.25. The normalized spacial score (nSPS) is 10.6. The zero-order chi connectivity index (χ0) is 11.8. The van der Waals surface area contributed by atoms with E-state index in [4.69, 9.17) is 6.42 Å². The maximum atomic E-state index is 5.54. The zero-order valence-corrected chi connectivity index (χ0v) is 9.70. The van der Waals surface area contributed by atoms with Crippen LogP contribution in [0.15, 0.2) is 48.5 Å². The standard InChI is InChI=1S/C17H12/c1-3-13-7-5-9-15-10-16-12(2)6-4-8-14(16)11-17(13)15/h1,4-11H,2H3. The SMILES string of the molecule is C#Cc1cccc2cc3c(C)cccc3cc12. The van der Waals surface area contributed by atoms with Crippen molar-refractivity contribution in [3.63, 3.8) is 0 Å². The zero-order valence-electron chi connectivity index (χ0n) is 9.70. The number of rotatable bonds is 0. The second-order valence-electron chi connectivity index (χ2n) is 4.32. The number of benzene rings is 3. The lowest BCUT2D eigenvalue weighted by molar-refractivity contribution is 1.54. The van der Waals surface area contributed by atoms with Crippen LogP contribution < -0.4 is 0 Å². The van der Waals surface area contributed by atoms with Gasteiger partial charge in [0, 0.05) is 5.56 Å². The van der Waals surface area contributed by atoms with Gasteiger partial charge in [-0.1, -0.05) is 36.3 Å². The summed E-state index contributed by atoms with van der Waals surface area (Å²) in [6.07, 6.45) is 5.54. The maximum absolute atomic E-state index is 5.54. The Labute approximate surface area is 101 Å². The minimum Gasteiger partial charge on any atom is -0.115 e. The Morgan fingerprint density at radius 3 is 2.29 bits per heavy atom. The first-order valence-electron chi connectivity index (χ1n) is 5.68. The molecule has 0 fully saturated rings. The molecular weight excluding hydrogens is 204 g/mol. The van der Waals surface area contributed by atoms with E-state index in [1.54, 1.807) is 0 Å². The molecule has 80 valence electrons. The van der Waals surface area contributed by atoms with Crippen LogP contribution in [0, 0.1) is 19.3 Å². The van der Waals surface area contributed by atoms with Crippen molar-refractivity contribution in [3.8, 4) is 12.3 Å². The van der Waals surface area contributed by atoms with Gasteiger partial charge in [-0.25, -0.2) is 0 Å². The summed E-state index contributed by atoms with van der Waals surface area (Å²) in [6.45, 7) is 2.14. The molecule has 0 heterocycles.